The fraction of sp³-hybridized carbons (Fsp3) is 0.176. The quantitative estimate of drug-likeness (QED) is 0.600. The van der Waals surface area contributed by atoms with E-state index in [1.807, 2.05) is 24.3 Å². The van der Waals surface area contributed by atoms with Gasteiger partial charge in [-0.15, -0.1) is 0 Å². The summed E-state index contributed by atoms with van der Waals surface area (Å²) in [5.74, 6) is 6.35. The van der Waals surface area contributed by atoms with Crippen molar-refractivity contribution in [2.75, 3.05) is 0 Å². The second-order valence-corrected chi connectivity index (χ2v) is 4.93. The Balaban J connectivity index is 2.33. The van der Waals surface area contributed by atoms with Crippen LogP contribution < -0.4 is 0 Å². The van der Waals surface area contributed by atoms with Gasteiger partial charge in [0.05, 0.1) is 0 Å². The maximum absolute atomic E-state index is 5.84. The molecule has 2 aromatic rings. The summed E-state index contributed by atoms with van der Waals surface area (Å²) >= 11 is 5.84. The summed E-state index contributed by atoms with van der Waals surface area (Å²) in [5.41, 5.74) is 5.96. The molecule has 0 unspecified atom stereocenters. The highest BCUT2D eigenvalue weighted by atomic mass is 35.5. The van der Waals surface area contributed by atoms with E-state index in [-0.39, 0.29) is 0 Å². The molecule has 90 valence electrons. The van der Waals surface area contributed by atoms with Crippen LogP contribution in [0.4, 0.5) is 0 Å². The molecule has 2 rings (SSSR count). The van der Waals surface area contributed by atoms with Gasteiger partial charge in [0.2, 0.25) is 0 Å². The fourth-order valence-corrected chi connectivity index (χ4v) is 1.91. The van der Waals surface area contributed by atoms with E-state index in [1.54, 1.807) is 0 Å². The zero-order valence-corrected chi connectivity index (χ0v) is 11.6. The average Bonchev–Trinajstić information content (AvgIpc) is 2.35. The molecule has 0 nitrogen and oxygen atoms in total. The summed E-state index contributed by atoms with van der Waals surface area (Å²) in [6.07, 6.45) is 0. The largest absolute Gasteiger partial charge is 0.0843 e. The van der Waals surface area contributed by atoms with E-state index in [9.17, 15) is 0 Å². The van der Waals surface area contributed by atoms with Crippen molar-refractivity contribution in [1.82, 2.24) is 0 Å². The maximum Gasteiger partial charge on any atom is 0.0406 e. The van der Waals surface area contributed by atoms with Gasteiger partial charge in [-0.1, -0.05) is 23.4 Å². The maximum atomic E-state index is 5.84. The van der Waals surface area contributed by atoms with Crippen LogP contribution in [0, 0.1) is 32.6 Å². The first-order chi connectivity index (χ1) is 8.56. The summed E-state index contributed by atoms with van der Waals surface area (Å²) < 4.78 is 0. The Morgan fingerprint density at radius 3 is 1.83 bits per heavy atom. The topological polar surface area (TPSA) is 0 Å². The number of rotatable bonds is 0. The Hall–Kier alpha value is -1.71. The zero-order valence-electron chi connectivity index (χ0n) is 10.8. The monoisotopic (exact) mass is 254 g/mol. The van der Waals surface area contributed by atoms with Gasteiger partial charge in [-0.2, -0.15) is 0 Å². The Bertz CT molecular complexity index is 602. The zero-order chi connectivity index (χ0) is 13.1. The third-order valence-electron chi connectivity index (χ3n) is 3.12. The molecule has 0 N–H and O–H groups in total. The van der Waals surface area contributed by atoms with Crippen molar-refractivity contribution in [1.29, 1.82) is 0 Å². The van der Waals surface area contributed by atoms with Crippen molar-refractivity contribution in [2.45, 2.75) is 20.8 Å². The predicted molar refractivity (Wildman–Crippen MR) is 78.1 cm³/mol. The number of benzene rings is 2. The average molecular weight is 255 g/mol. The van der Waals surface area contributed by atoms with Crippen molar-refractivity contribution >= 4 is 11.6 Å². The van der Waals surface area contributed by atoms with Gasteiger partial charge >= 0.3 is 0 Å². The van der Waals surface area contributed by atoms with Crippen LogP contribution in [0.15, 0.2) is 36.4 Å². The van der Waals surface area contributed by atoms with Crippen molar-refractivity contribution in [3.63, 3.8) is 0 Å². The van der Waals surface area contributed by atoms with E-state index in [2.05, 4.69) is 44.7 Å². The van der Waals surface area contributed by atoms with Crippen LogP contribution in [-0.2, 0) is 0 Å². The normalized spacial score (nSPS) is 9.78. The SMILES string of the molecule is Cc1cc(C#Cc2ccc(Cl)cc2)cc(C)c1C. The standard InChI is InChI=1S/C17H15Cl/c1-12-10-16(11-13(2)14(12)3)5-4-15-6-8-17(18)9-7-15/h6-11H,1-3H3. The molecule has 0 bridgehead atoms. The summed E-state index contributed by atoms with van der Waals surface area (Å²) in [6.45, 7) is 6.38. The van der Waals surface area contributed by atoms with Crippen LogP contribution in [0.3, 0.4) is 0 Å². The molecule has 0 fully saturated rings. The van der Waals surface area contributed by atoms with Gasteiger partial charge in [0.1, 0.15) is 0 Å². The smallest absolute Gasteiger partial charge is 0.0406 e. The lowest BCUT2D eigenvalue weighted by Gasteiger charge is -2.04. The minimum absolute atomic E-state index is 0.738. The van der Waals surface area contributed by atoms with Crippen LogP contribution >= 0.6 is 11.6 Å². The van der Waals surface area contributed by atoms with Crippen molar-refractivity contribution in [2.24, 2.45) is 0 Å². The third kappa shape index (κ3) is 2.94. The summed E-state index contributed by atoms with van der Waals surface area (Å²) in [6, 6.07) is 11.8. The lowest BCUT2D eigenvalue weighted by atomic mass is 10.0. The summed E-state index contributed by atoms with van der Waals surface area (Å²) in [7, 11) is 0. The number of hydrogen-bond donors (Lipinski definition) is 0. The second kappa shape index (κ2) is 5.29. The van der Waals surface area contributed by atoms with Crippen LogP contribution in [0.25, 0.3) is 0 Å². The summed E-state index contributed by atoms with van der Waals surface area (Å²) in [4.78, 5) is 0. The molecule has 0 aliphatic heterocycles. The number of aryl methyl sites for hydroxylation is 2. The molecule has 0 amide bonds. The molecule has 1 heteroatoms. The lowest BCUT2D eigenvalue weighted by molar-refractivity contribution is 1.26. The molecule has 18 heavy (non-hydrogen) atoms. The summed E-state index contributed by atoms with van der Waals surface area (Å²) in [5, 5.41) is 0.738. The van der Waals surface area contributed by atoms with Crippen LogP contribution in [0.5, 0.6) is 0 Å². The number of halogens is 1. The van der Waals surface area contributed by atoms with E-state index >= 15 is 0 Å². The van der Waals surface area contributed by atoms with Crippen LogP contribution in [-0.4, -0.2) is 0 Å². The Kier molecular flexibility index (Phi) is 3.75. The van der Waals surface area contributed by atoms with Gasteiger partial charge in [0.25, 0.3) is 0 Å². The third-order valence-corrected chi connectivity index (χ3v) is 3.37. The van der Waals surface area contributed by atoms with E-state index < -0.39 is 0 Å². The molecule has 0 aliphatic rings. The number of hydrogen-bond acceptors (Lipinski definition) is 0. The van der Waals surface area contributed by atoms with E-state index in [4.69, 9.17) is 11.6 Å². The lowest BCUT2D eigenvalue weighted by Crippen LogP contribution is -1.88. The van der Waals surface area contributed by atoms with Gasteiger partial charge in [0.15, 0.2) is 0 Å². The Morgan fingerprint density at radius 2 is 1.28 bits per heavy atom. The second-order valence-electron chi connectivity index (χ2n) is 4.49. The minimum atomic E-state index is 0.738. The first-order valence-corrected chi connectivity index (χ1v) is 6.29. The van der Waals surface area contributed by atoms with Crippen molar-refractivity contribution in [3.05, 3.63) is 69.2 Å². The minimum Gasteiger partial charge on any atom is -0.0843 e. The highest BCUT2D eigenvalue weighted by molar-refractivity contribution is 6.30. The Labute approximate surface area is 114 Å². The highest BCUT2D eigenvalue weighted by Crippen LogP contribution is 2.15. The van der Waals surface area contributed by atoms with Crippen LogP contribution in [0.2, 0.25) is 5.02 Å². The molecule has 0 saturated heterocycles. The molecular weight excluding hydrogens is 240 g/mol. The van der Waals surface area contributed by atoms with E-state index in [1.165, 1.54) is 16.7 Å². The molecule has 0 atom stereocenters. The molecule has 0 aromatic heterocycles. The molecule has 0 radical (unpaired) electrons. The molecular formula is C17H15Cl. The van der Waals surface area contributed by atoms with E-state index in [0.717, 1.165) is 16.1 Å². The van der Waals surface area contributed by atoms with Crippen LogP contribution in [0.1, 0.15) is 27.8 Å². The van der Waals surface area contributed by atoms with Crippen molar-refractivity contribution < 1.29 is 0 Å². The van der Waals surface area contributed by atoms with Gasteiger partial charge in [0, 0.05) is 16.1 Å². The molecule has 2 aromatic carbocycles. The fourth-order valence-electron chi connectivity index (χ4n) is 1.79. The molecule has 0 aliphatic carbocycles. The first kappa shape index (κ1) is 12.7. The van der Waals surface area contributed by atoms with Gasteiger partial charge in [-0.25, -0.2) is 0 Å². The Morgan fingerprint density at radius 1 is 0.778 bits per heavy atom. The molecule has 0 saturated carbocycles. The van der Waals surface area contributed by atoms with Gasteiger partial charge in [-0.3, -0.25) is 0 Å². The highest BCUT2D eigenvalue weighted by Gasteiger charge is 1.98. The first-order valence-electron chi connectivity index (χ1n) is 5.92. The van der Waals surface area contributed by atoms with Gasteiger partial charge < -0.3 is 0 Å². The van der Waals surface area contributed by atoms with E-state index in [0.29, 0.717) is 0 Å². The van der Waals surface area contributed by atoms with Crippen molar-refractivity contribution in [3.8, 4) is 11.8 Å². The van der Waals surface area contributed by atoms with Gasteiger partial charge in [-0.05, 0) is 73.9 Å². The predicted octanol–water partition coefficient (Wildman–Crippen LogP) is 4.67. The molecule has 0 heterocycles. The molecule has 0 spiro atoms.